The molecule has 7 aromatic rings. The SMILES string of the molecule is c1ccc2c(c1)ccc1ccc(Nc3ccc4sc5c6ccccc6ccc5c4c3)cc12. The van der Waals surface area contributed by atoms with Gasteiger partial charge in [-0.25, -0.2) is 0 Å². The zero-order chi connectivity index (χ0) is 21.1. The summed E-state index contributed by atoms with van der Waals surface area (Å²) in [5.41, 5.74) is 2.23. The lowest BCUT2D eigenvalue weighted by Crippen LogP contribution is -1.90. The highest BCUT2D eigenvalue weighted by atomic mass is 32.1. The van der Waals surface area contributed by atoms with Gasteiger partial charge in [0.15, 0.2) is 0 Å². The van der Waals surface area contributed by atoms with Crippen LogP contribution in [0.1, 0.15) is 0 Å². The van der Waals surface area contributed by atoms with Crippen molar-refractivity contribution < 1.29 is 0 Å². The molecular weight excluding hydrogens is 406 g/mol. The van der Waals surface area contributed by atoms with Crippen molar-refractivity contribution in [2.24, 2.45) is 0 Å². The molecule has 1 nitrogen and oxygen atoms in total. The van der Waals surface area contributed by atoms with E-state index in [1.54, 1.807) is 0 Å². The number of nitrogens with one attached hydrogen (secondary N) is 1. The van der Waals surface area contributed by atoms with Gasteiger partial charge in [-0.3, -0.25) is 0 Å². The van der Waals surface area contributed by atoms with Gasteiger partial charge in [0.1, 0.15) is 0 Å². The van der Waals surface area contributed by atoms with Gasteiger partial charge in [0.05, 0.1) is 0 Å². The van der Waals surface area contributed by atoms with Gasteiger partial charge in [-0.2, -0.15) is 0 Å². The Morgan fingerprint density at radius 3 is 1.88 bits per heavy atom. The molecule has 1 heterocycles. The molecule has 150 valence electrons. The van der Waals surface area contributed by atoms with Crippen molar-refractivity contribution in [2.45, 2.75) is 0 Å². The third-order valence-electron chi connectivity index (χ3n) is 6.40. The first-order chi connectivity index (χ1) is 15.8. The molecule has 0 saturated carbocycles. The van der Waals surface area contributed by atoms with Crippen LogP contribution in [0.5, 0.6) is 0 Å². The smallest absolute Gasteiger partial charge is 0.0433 e. The van der Waals surface area contributed by atoms with Gasteiger partial charge in [-0.15, -0.1) is 11.3 Å². The predicted molar refractivity (Wildman–Crippen MR) is 142 cm³/mol. The zero-order valence-corrected chi connectivity index (χ0v) is 18.1. The average Bonchev–Trinajstić information content (AvgIpc) is 3.22. The monoisotopic (exact) mass is 425 g/mol. The summed E-state index contributed by atoms with van der Waals surface area (Å²) in [7, 11) is 0. The van der Waals surface area contributed by atoms with Crippen molar-refractivity contribution in [2.75, 3.05) is 5.32 Å². The average molecular weight is 426 g/mol. The number of fused-ring (bicyclic) bond motifs is 8. The van der Waals surface area contributed by atoms with Gasteiger partial charge < -0.3 is 5.32 Å². The Morgan fingerprint density at radius 2 is 1.03 bits per heavy atom. The molecule has 0 unspecified atom stereocenters. The van der Waals surface area contributed by atoms with Crippen LogP contribution in [0.2, 0.25) is 0 Å². The van der Waals surface area contributed by atoms with Gasteiger partial charge in [0.2, 0.25) is 0 Å². The Labute approximate surface area is 189 Å². The summed E-state index contributed by atoms with van der Waals surface area (Å²) in [5.74, 6) is 0. The number of thiophene rings is 1. The number of anilines is 2. The number of benzene rings is 6. The van der Waals surface area contributed by atoms with Crippen molar-refractivity contribution in [3.63, 3.8) is 0 Å². The lowest BCUT2D eigenvalue weighted by molar-refractivity contribution is 1.60. The van der Waals surface area contributed by atoms with E-state index in [-0.39, 0.29) is 0 Å². The van der Waals surface area contributed by atoms with Crippen molar-refractivity contribution in [3.8, 4) is 0 Å². The van der Waals surface area contributed by atoms with E-state index in [0.29, 0.717) is 0 Å². The second-order valence-corrected chi connectivity index (χ2v) is 9.38. The Bertz CT molecular complexity index is 1810. The van der Waals surface area contributed by atoms with E-state index >= 15 is 0 Å². The Morgan fingerprint density at radius 1 is 0.438 bits per heavy atom. The Kier molecular flexibility index (Phi) is 3.78. The van der Waals surface area contributed by atoms with Gasteiger partial charge in [-0.1, -0.05) is 78.9 Å². The maximum absolute atomic E-state index is 3.65. The van der Waals surface area contributed by atoms with Crippen LogP contribution in [-0.4, -0.2) is 0 Å². The van der Waals surface area contributed by atoms with Crippen molar-refractivity contribution >= 4 is 75.2 Å². The van der Waals surface area contributed by atoms with E-state index in [2.05, 4.69) is 115 Å². The fourth-order valence-electron chi connectivity index (χ4n) is 4.83. The molecule has 0 aliphatic rings. The maximum Gasteiger partial charge on any atom is 0.0433 e. The first kappa shape index (κ1) is 17.8. The number of rotatable bonds is 2. The van der Waals surface area contributed by atoms with Crippen LogP contribution in [0.15, 0.2) is 109 Å². The third kappa shape index (κ3) is 2.70. The second-order valence-electron chi connectivity index (χ2n) is 8.32. The van der Waals surface area contributed by atoms with Crippen molar-refractivity contribution in [1.29, 1.82) is 0 Å². The van der Waals surface area contributed by atoms with E-state index in [1.807, 2.05) is 11.3 Å². The number of hydrogen-bond donors (Lipinski definition) is 1. The highest BCUT2D eigenvalue weighted by Gasteiger charge is 2.09. The summed E-state index contributed by atoms with van der Waals surface area (Å²) in [4.78, 5) is 0. The molecule has 0 radical (unpaired) electrons. The molecule has 32 heavy (non-hydrogen) atoms. The van der Waals surface area contributed by atoms with Gasteiger partial charge in [0, 0.05) is 31.5 Å². The van der Waals surface area contributed by atoms with Gasteiger partial charge >= 0.3 is 0 Å². The lowest BCUT2D eigenvalue weighted by Gasteiger charge is -2.10. The molecule has 0 bridgehead atoms. The highest BCUT2D eigenvalue weighted by molar-refractivity contribution is 7.26. The molecule has 6 aromatic carbocycles. The molecule has 0 saturated heterocycles. The van der Waals surface area contributed by atoms with E-state index in [4.69, 9.17) is 0 Å². The summed E-state index contributed by atoms with van der Waals surface area (Å²) in [6.45, 7) is 0. The van der Waals surface area contributed by atoms with Crippen LogP contribution in [0.4, 0.5) is 11.4 Å². The molecule has 0 fully saturated rings. The second kappa shape index (κ2) is 6.81. The minimum Gasteiger partial charge on any atom is -0.355 e. The van der Waals surface area contributed by atoms with Crippen LogP contribution in [0.3, 0.4) is 0 Å². The van der Waals surface area contributed by atoms with Gasteiger partial charge in [0.25, 0.3) is 0 Å². The molecular formula is C30H19NS. The quantitative estimate of drug-likeness (QED) is 0.272. The molecule has 2 heteroatoms. The summed E-state index contributed by atoms with van der Waals surface area (Å²) in [6.07, 6.45) is 0. The van der Waals surface area contributed by atoms with E-state index in [1.165, 1.54) is 52.5 Å². The number of hydrogen-bond acceptors (Lipinski definition) is 2. The molecule has 0 amide bonds. The zero-order valence-electron chi connectivity index (χ0n) is 17.3. The van der Waals surface area contributed by atoms with Crippen molar-refractivity contribution in [1.82, 2.24) is 0 Å². The van der Waals surface area contributed by atoms with Crippen LogP contribution in [0, 0.1) is 0 Å². The van der Waals surface area contributed by atoms with E-state index in [0.717, 1.165) is 11.4 Å². The summed E-state index contributed by atoms with van der Waals surface area (Å²) < 4.78 is 2.69. The molecule has 7 rings (SSSR count). The van der Waals surface area contributed by atoms with Crippen molar-refractivity contribution in [3.05, 3.63) is 109 Å². The third-order valence-corrected chi connectivity index (χ3v) is 7.62. The normalized spacial score (nSPS) is 11.8. The first-order valence-corrected chi connectivity index (χ1v) is 11.7. The van der Waals surface area contributed by atoms with E-state index in [9.17, 15) is 0 Å². The maximum atomic E-state index is 3.65. The Balaban J connectivity index is 1.36. The summed E-state index contributed by atoms with van der Waals surface area (Å²) in [6, 6.07) is 39.5. The molecule has 0 aliphatic heterocycles. The van der Waals surface area contributed by atoms with Crippen LogP contribution in [0.25, 0.3) is 52.5 Å². The largest absolute Gasteiger partial charge is 0.355 e. The fraction of sp³-hybridized carbons (Fsp3) is 0. The summed E-state index contributed by atoms with van der Waals surface area (Å²) >= 11 is 1.88. The van der Waals surface area contributed by atoms with Crippen LogP contribution in [-0.2, 0) is 0 Å². The summed E-state index contributed by atoms with van der Waals surface area (Å²) in [5, 5.41) is 14.0. The first-order valence-electron chi connectivity index (χ1n) is 10.9. The van der Waals surface area contributed by atoms with Gasteiger partial charge in [-0.05, 0) is 62.6 Å². The molecule has 0 atom stereocenters. The van der Waals surface area contributed by atoms with E-state index < -0.39 is 0 Å². The highest BCUT2D eigenvalue weighted by Crippen LogP contribution is 2.40. The minimum atomic E-state index is 1.11. The lowest BCUT2D eigenvalue weighted by atomic mass is 10.0. The molecule has 1 aromatic heterocycles. The van der Waals surface area contributed by atoms with Crippen LogP contribution >= 0.6 is 11.3 Å². The Hall–Kier alpha value is -3.88. The topological polar surface area (TPSA) is 12.0 Å². The molecule has 0 aliphatic carbocycles. The fourth-order valence-corrected chi connectivity index (χ4v) is 6.05. The molecule has 0 spiro atoms. The minimum absolute atomic E-state index is 1.11. The molecule has 1 N–H and O–H groups in total. The predicted octanol–water partition coefficient (Wildman–Crippen LogP) is 9.26. The standard InChI is InChI=1S/C30H19NS/c1-3-7-24-19(5-1)9-10-21-11-13-22(17-27(21)24)31-23-14-16-29-28(18-23)26-15-12-20-6-2-4-8-25(20)30(26)32-29/h1-18,31H. The van der Waals surface area contributed by atoms with Crippen LogP contribution < -0.4 is 5.32 Å².